The molecule has 0 saturated heterocycles. The Labute approximate surface area is 165 Å². The van der Waals surface area contributed by atoms with Crippen LogP contribution in [0.3, 0.4) is 0 Å². The Morgan fingerprint density at radius 1 is 1.36 bits per heavy atom. The van der Waals surface area contributed by atoms with Crippen molar-refractivity contribution in [3.05, 3.63) is 59.2 Å². The van der Waals surface area contributed by atoms with Crippen LogP contribution >= 0.6 is 0 Å². The van der Waals surface area contributed by atoms with E-state index in [-0.39, 0.29) is 13.0 Å². The van der Waals surface area contributed by atoms with Crippen molar-refractivity contribution in [2.75, 3.05) is 13.7 Å². The lowest BCUT2D eigenvalue weighted by Crippen LogP contribution is -2.46. The number of carbonyl (C=O) groups is 1. The van der Waals surface area contributed by atoms with Gasteiger partial charge in [0.1, 0.15) is 6.04 Å². The van der Waals surface area contributed by atoms with E-state index in [4.69, 9.17) is 4.74 Å². The summed E-state index contributed by atoms with van der Waals surface area (Å²) < 4.78 is 32.3. The number of esters is 1. The third-order valence-corrected chi connectivity index (χ3v) is 6.10. The molecule has 0 aliphatic rings. The molecule has 0 saturated carbocycles. The fraction of sp³-hybridized carbons (Fsp3) is 0.421. The van der Waals surface area contributed by atoms with Gasteiger partial charge in [-0.3, -0.25) is 14.9 Å². The Morgan fingerprint density at radius 2 is 2.00 bits per heavy atom. The Kier molecular flexibility index (Phi) is 9.01. The van der Waals surface area contributed by atoms with Crippen molar-refractivity contribution in [1.82, 2.24) is 4.31 Å². The molecule has 1 unspecified atom stereocenters. The first-order chi connectivity index (χ1) is 13.2. The summed E-state index contributed by atoms with van der Waals surface area (Å²) in [5, 5.41) is 11.3. The predicted molar refractivity (Wildman–Crippen MR) is 106 cm³/mol. The van der Waals surface area contributed by atoms with E-state index in [1.165, 1.54) is 18.2 Å². The van der Waals surface area contributed by atoms with Crippen LogP contribution in [0.2, 0.25) is 0 Å². The van der Waals surface area contributed by atoms with Crippen molar-refractivity contribution in [2.45, 2.75) is 43.5 Å². The first-order valence-electron chi connectivity index (χ1n) is 8.81. The van der Waals surface area contributed by atoms with Gasteiger partial charge in [-0.15, -0.1) is 6.58 Å². The molecule has 1 rings (SSSR count). The molecular weight excluding hydrogens is 384 g/mol. The number of hydrogen-bond acceptors (Lipinski definition) is 6. The number of nitro groups is 1. The van der Waals surface area contributed by atoms with Crippen LogP contribution in [0.5, 0.6) is 0 Å². The van der Waals surface area contributed by atoms with Gasteiger partial charge >= 0.3 is 5.97 Å². The average molecular weight is 410 g/mol. The number of methoxy groups -OCH3 is 1. The molecule has 1 aromatic carbocycles. The van der Waals surface area contributed by atoms with Gasteiger partial charge < -0.3 is 4.74 Å². The number of nitro benzene ring substituents is 1. The lowest BCUT2D eigenvalue weighted by atomic mass is 10.1. The van der Waals surface area contributed by atoms with Gasteiger partial charge in [0.05, 0.1) is 12.0 Å². The molecule has 0 N–H and O–H groups in total. The number of carbonyl (C=O) groups excluding carboxylic acids is 1. The number of benzene rings is 1. The highest BCUT2D eigenvalue weighted by molar-refractivity contribution is 7.89. The summed E-state index contributed by atoms with van der Waals surface area (Å²) >= 11 is 0. The maximum atomic E-state index is 13.3. The van der Waals surface area contributed by atoms with Gasteiger partial charge in [-0.25, -0.2) is 8.42 Å². The van der Waals surface area contributed by atoms with Gasteiger partial charge in [-0.1, -0.05) is 43.7 Å². The lowest BCUT2D eigenvalue weighted by Gasteiger charge is -2.28. The molecular formula is C19H26N2O6S. The SMILES string of the molecule is C=CCC(C(=O)OC)N(CCC(=C)CCC)S(=O)(=O)c1ccccc1[N+](=O)[O-]. The van der Waals surface area contributed by atoms with E-state index in [0.717, 1.165) is 35.5 Å². The monoisotopic (exact) mass is 410 g/mol. The molecule has 0 fully saturated rings. The number of para-hydroxylation sites is 1. The Bertz CT molecular complexity index is 835. The number of rotatable bonds is 12. The van der Waals surface area contributed by atoms with Gasteiger partial charge in [0.2, 0.25) is 0 Å². The number of sulfonamides is 1. The summed E-state index contributed by atoms with van der Waals surface area (Å²) in [4.78, 5) is 22.4. The summed E-state index contributed by atoms with van der Waals surface area (Å²) in [6.07, 6.45) is 3.29. The smallest absolute Gasteiger partial charge is 0.324 e. The van der Waals surface area contributed by atoms with Crippen molar-refractivity contribution < 1.29 is 22.9 Å². The second-order valence-electron chi connectivity index (χ2n) is 6.15. The van der Waals surface area contributed by atoms with Crippen LogP contribution < -0.4 is 0 Å². The molecule has 9 heteroatoms. The Hall–Kier alpha value is -2.52. The van der Waals surface area contributed by atoms with Crippen LogP contribution in [0.15, 0.2) is 54.0 Å². The highest BCUT2D eigenvalue weighted by atomic mass is 32.2. The zero-order chi connectivity index (χ0) is 21.3. The van der Waals surface area contributed by atoms with Crippen molar-refractivity contribution in [1.29, 1.82) is 0 Å². The second-order valence-corrected chi connectivity index (χ2v) is 8.01. The molecule has 8 nitrogen and oxygen atoms in total. The van der Waals surface area contributed by atoms with Crippen molar-refractivity contribution in [3.8, 4) is 0 Å². The van der Waals surface area contributed by atoms with Crippen LogP contribution in [-0.4, -0.2) is 43.3 Å². The van der Waals surface area contributed by atoms with Crippen molar-refractivity contribution in [2.24, 2.45) is 0 Å². The zero-order valence-electron chi connectivity index (χ0n) is 16.2. The highest BCUT2D eigenvalue weighted by Gasteiger charge is 2.38. The lowest BCUT2D eigenvalue weighted by molar-refractivity contribution is -0.387. The molecule has 154 valence electrons. The third kappa shape index (κ3) is 5.74. The summed E-state index contributed by atoms with van der Waals surface area (Å²) in [5.74, 6) is -0.761. The minimum absolute atomic E-state index is 0.00673. The predicted octanol–water partition coefficient (Wildman–Crippen LogP) is 3.45. The Balaban J connectivity index is 3.47. The van der Waals surface area contributed by atoms with Crippen molar-refractivity contribution in [3.63, 3.8) is 0 Å². The van der Waals surface area contributed by atoms with E-state index in [2.05, 4.69) is 13.2 Å². The minimum Gasteiger partial charge on any atom is -0.468 e. The van der Waals surface area contributed by atoms with E-state index in [1.54, 1.807) is 0 Å². The molecule has 0 bridgehead atoms. The molecule has 0 radical (unpaired) electrons. The zero-order valence-corrected chi connectivity index (χ0v) is 17.0. The third-order valence-electron chi connectivity index (χ3n) is 4.15. The van der Waals surface area contributed by atoms with Gasteiger partial charge in [-0.2, -0.15) is 4.31 Å². The van der Waals surface area contributed by atoms with Gasteiger partial charge in [-0.05, 0) is 25.3 Å². The van der Waals surface area contributed by atoms with Crippen LogP contribution in [0.4, 0.5) is 5.69 Å². The quantitative estimate of drug-likeness (QED) is 0.226. The number of hydrogen-bond donors (Lipinski definition) is 0. The first-order valence-corrected chi connectivity index (χ1v) is 10.2. The molecule has 0 spiro atoms. The van der Waals surface area contributed by atoms with Gasteiger partial charge in [0, 0.05) is 12.6 Å². The van der Waals surface area contributed by atoms with Gasteiger partial charge in [0.25, 0.3) is 15.7 Å². The molecule has 0 heterocycles. The molecule has 0 amide bonds. The normalized spacial score (nSPS) is 12.4. The second kappa shape index (κ2) is 10.7. The molecule has 1 aromatic rings. The van der Waals surface area contributed by atoms with E-state index < -0.39 is 37.5 Å². The highest BCUT2D eigenvalue weighted by Crippen LogP contribution is 2.29. The van der Waals surface area contributed by atoms with Crippen molar-refractivity contribution >= 4 is 21.7 Å². The van der Waals surface area contributed by atoms with E-state index in [0.29, 0.717) is 12.8 Å². The van der Waals surface area contributed by atoms with E-state index >= 15 is 0 Å². The van der Waals surface area contributed by atoms with Crippen LogP contribution in [0, 0.1) is 10.1 Å². The summed E-state index contributed by atoms with van der Waals surface area (Å²) in [6.45, 7) is 9.41. The fourth-order valence-corrected chi connectivity index (χ4v) is 4.52. The van der Waals surface area contributed by atoms with Gasteiger partial charge in [0.15, 0.2) is 4.90 Å². The maximum absolute atomic E-state index is 13.3. The Morgan fingerprint density at radius 3 is 2.54 bits per heavy atom. The summed E-state index contributed by atoms with van der Waals surface area (Å²) in [6, 6.07) is 3.87. The molecule has 28 heavy (non-hydrogen) atoms. The molecule has 0 aliphatic heterocycles. The number of nitrogens with zero attached hydrogens (tertiary/aromatic N) is 2. The molecule has 0 aliphatic carbocycles. The largest absolute Gasteiger partial charge is 0.468 e. The maximum Gasteiger partial charge on any atom is 0.324 e. The van der Waals surface area contributed by atoms with E-state index in [1.807, 2.05) is 6.92 Å². The van der Waals surface area contributed by atoms with E-state index in [9.17, 15) is 23.3 Å². The molecule has 0 aromatic heterocycles. The fourth-order valence-electron chi connectivity index (χ4n) is 2.77. The standard InChI is InChI=1S/C19H26N2O6S/c1-5-9-15(3)13-14-20(17(10-6-2)19(22)27-4)28(25,26)18-12-8-7-11-16(18)21(23)24/h6-8,11-12,17H,2-3,5,9-10,13-14H2,1,4H3. The minimum atomic E-state index is -4.36. The number of ether oxygens (including phenoxy) is 1. The first kappa shape index (κ1) is 23.5. The summed E-state index contributed by atoms with van der Waals surface area (Å²) in [7, 11) is -3.20. The topological polar surface area (TPSA) is 107 Å². The van der Waals surface area contributed by atoms with Crippen LogP contribution in [0.25, 0.3) is 0 Å². The summed E-state index contributed by atoms with van der Waals surface area (Å²) in [5.41, 5.74) is 0.273. The average Bonchev–Trinajstić information content (AvgIpc) is 2.66. The van der Waals surface area contributed by atoms with Crippen LogP contribution in [0.1, 0.15) is 32.6 Å². The van der Waals surface area contributed by atoms with Crippen LogP contribution in [-0.2, 0) is 19.6 Å². The molecule has 1 atom stereocenters.